The summed E-state index contributed by atoms with van der Waals surface area (Å²) in [5, 5.41) is 0. The van der Waals surface area contributed by atoms with E-state index in [2.05, 4.69) is 13.8 Å². The van der Waals surface area contributed by atoms with Gasteiger partial charge in [0.2, 0.25) is 0 Å². The molecule has 0 heterocycles. The number of rotatable bonds is 1. The molecule has 0 radical (unpaired) electrons. The third-order valence-corrected chi connectivity index (χ3v) is 5.17. The van der Waals surface area contributed by atoms with Crippen molar-refractivity contribution in [2.24, 2.45) is 35.5 Å². The Morgan fingerprint density at radius 2 is 1.93 bits per heavy atom. The van der Waals surface area contributed by atoms with E-state index in [1.807, 2.05) is 0 Å². The van der Waals surface area contributed by atoms with Crippen LogP contribution in [-0.4, -0.2) is 5.78 Å². The third-order valence-electron chi connectivity index (χ3n) is 5.17. The van der Waals surface area contributed by atoms with E-state index in [0.717, 1.165) is 23.7 Å². The van der Waals surface area contributed by atoms with Crippen LogP contribution in [0.25, 0.3) is 0 Å². The van der Waals surface area contributed by atoms with Gasteiger partial charge in [0.15, 0.2) is 0 Å². The van der Waals surface area contributed by atoms with Crippen LogP contribution >= 0.6 is 0 Å². The largest absolute Gasteiger partial charge is 0.299 e. The number of ketones is 1. The molecule has 4 aliphatic rings. The van der Waals surface area contributed by atoms with Gasteiger partial charge in [-0.15, -0.1) is 0 Å². The summed E-state index contributed by atoms with van der Waals surface area (Å²) in [6, 6.07) is 0. The van der Waals surface area contributed by atoms with Gasteiger partial charge in [-0.1, -0.05) is 13.8 Å². The fourth-order valence-electron chi connectivity index (χ4n) is 4.52. The minimum absolute atomic E-state index is 0.471. The maximum atomic E-state index is 12.0. The topological polar surface area (TPSA) is 17.1 Å². The second-order valence-electron chi connectivity index (χ2n) is 5.99. The second kappa shape index (κ2) is 2.84. The lowest BCUT2D eigenvalue weighted by atomic mass is 9.62. The summed E-state index contributed by atoms with van der Waals surface area (Å²) >= 11 is 0. The predicted molar refractivity (Wildman–Crippen MR) is 55.8 cm³/mol. The van der Waals surface area contributed by atoms with Gasteiger partial charge >= 0.3 is 0 Å². The Labute approximate surface area is 86.3 Å². The van der Waals surface area contributed by atoms with Crippen LogP contribution in [0.5, 0.6) is 0 Å². The first-order valence-corrected chi connectivity index (χ1v) is 6.22. The van der Waals surface area contributed by atoms with E-state index in [4.69, 9.17) is 0 Å². The average Bonchev–Trinajstić information content (AvgIpc) is 2.49. The Hall–Kier alpha value is -0.330. The number of carbonyl (C=O) groups is 1. The molecule has 4 rings (SSSR count). The first-order valence-electron chi connectivity index (χ1n) is 6.22. The molecular weight excluding hydrogens is 172 g/mol. The van der Waals surface area contributed by atoms with E-state index in [0.29, 0.717) is 17.6 Å². The van der Waals surface area contributed by atoms with Gasteiger partial charge in [0.05, 0.1) is 0 Å². The molecule has 14 heavy (non-hydrogen) atoms. The minimum Gasteiger partial charge on any atom is -0.299 e. The number of Topliss-reactive ketones (excluding diaryl/α,β-unsaturated/α-hetero) is 1. The summed E-state index contributed by atoms with van der Waals surface area (Å²) < 4.78 is 0. The molecule has 5 atom stereocenters. The molecule has 4 saturated carbocycles. The molecule has 0 aromatic rings. The van der Waals surface area contributed by atoms with E-state index >= 15 is 0 Å². The zero-order valence-corrected chi connectivity index (χ0v) is 9.20. The minimum atomic E-state index is 0.471. The van der Waals surface area contributed by atoms with Gasteiger partial charge in [-0.2, -0.15) is 0 Å². The Morgan fingerprint density at radius 3 is 2.57 bits per heavy atom. The van der Waals surface area contributed by atoms with Crippen LogP contribution in [0.2, 0.25) is 0 Å². The third kappa shape index (κ3) is 0.988. The summed E-state index contributed by atoms with van der Waals surface area (Å²) in [5.41, 5.74) is 0. The first-order chi connectivity index (χ1) is 6.68. The van der Waals surface area contributed by atoms with Crippen LogP contribution in [0.4, 0.5) is 0 Å². The summed E-state index contributed by atoms with van der Waals surface area (Å²) in [4.78, 5) is 12.0. The van der Waals surface area contributed by atoms with E-state index in [9.17, 15) is 4.79 Å². The maximum absolute atomic E-state index is 12.0. The van der Waals surface area contributed by atoms with Crippen molar-refractivity contribution in [3.8, 4) is 0 Å². The lowest BCUT2D eigenvalue weighted by Crippen LogP contribution is -2.41. The van der Waals surface area contributed by atoms with Crippen molar-refractivity contribution in [3.63, 3.8) is 0 Å². The van der Waals surface area contributed by atoms with Crippen LogP contribution in [0, 0.1) is 35.5 Å². The standard InChI is InChI=1S/C13H20O/c1-7(2)10-6-12-9-4-3-8(13(12)14)5-11(9)10/h7-12H,3-6H2,1-2H3. The Bertz CT molecular complexity index is 268. The zero-order valence-electron chi connectivity index (χ0n) is 9.20. The average molecular weight is 192 g/mol. The highest BCUT2D eigenvalue weighted by molar-refractivity contribution is 5.86. The van der Waals surface area contributed by atoms with Crippen molar-refractivity contribution >= 4 is 5.78 Å². The molecule has 0 aromatic heterocycles. The normalized spacial score (nSPS) is 50.5. The molecule has 1 nitrogen and oxygen atoms in total. The van der Waals surface area contributed by atoms with Crippen LogP contribution in [-0.2, 0) is 4.79 Å². The molecule has 0 saturated heterocycles. The quantitative estimate of drug-likeness (QED) is 0.624. The molecule has 0 N–H and O–H groups in total. The van der Waals surface area contributed by atoms with E-state index in [1.54, 1.807) is 0 Å². The molecule has 78 valence electrons. The molecule has 0 aromatic carbocycles. The molecular formula is C13H20O. The highest BCUT2D eigenvalue weighted by Crippen LogP contribution is 2.58. The highest BCUT2D eigenvalue weighted by atomic mass is 16.1. The molecule has 4 fully saturated rings. The van der Waals surface area contributed by atoms with Gasteiger partial charge in [-0.3, -0.25) is 4.79 Å². The molecule has 4 aliphatic carbocycles. The van der Waals surface area contributed by atoms with Crippen molar-refractivity contribution in [2.75, 3.05) is 0 Å². The Balaban J connectivity index is 1.92. The number of hydrogen-bond acceptors (Lipinski definition) is 1. The van der Waals surface area contributed by atoms with Crippen LogP contribution in [0.3, 0.4) is 0 Å². The van der Waals surface area contributed by atoms with Crippen LogP contribution in [0.1, 0.15) is 39.5 Å². The summed E-state index contributed by atoms with van der Waals surface area (Å²) in [6.45, 7) is 4.67. The van der Waals surface area contributed by atoms with Gasteiger partial charge in [0.1, 0.15) is 5.78 Å². The molecule has 0 aliphatic heterocycles. The summed E-state index contributed by atoms with van der Waals surface area (Å²) in [5.74, 6) is 4.95. The first kappa shape index (κ1) is 8.94. The molecule has 0 spiro atoms. The Kier molecular flexibility index (Phi) is 1.81. The lowest BCUT2D eigenvalue weighted by Gasteiger charge is -2.41. The fraction of sp³-hybridized carbons (Fsp3) is 0.923. The van der Waals surface area contributed by atoms with Crippen molar-refractivity contribution < 1.29 is 4.79 Å². The van der Waals surface area contributed by atoms with Crippen molar-refractivity contribution in [1.82, 2.24) is 0 Å². The zero-order chi connectivity index (χ0) is 9.87. The number of hydrogen-bond donors (Lipinski definition) is 0. The van der Waals surface area contributed by atoms with E-state index < -0.39 is 0 Å². The maximum Gasteiger partial charge on any atom is 0.139 e. The number of carbonyl (C=O) groups excluding carboxylic acids is 1. The van der Waals surface area contributed by atoms with Gasteiger partial charge < -0.3 is 0 Å². The fourth-order valence-corrected chi connectivity index (χ4v) is 4.52. The SMILES string of the molecule is CC(C)C1CC2C(=O)C3CCC2C1C3. The van der Waals surface area contributed by atoms with Crippen LogP contribution < -0.4 is 0 Å². The van der Waals surface area contributed by atoms with Gasteiger partial charge in [-0.05, 0) is 49.4 Å². The van der Waals surface area contributed by atoms with Gasteiger partial charge in [-0.25, -0.2) is 0 Å². The summed E-state index contributed by atoms with van der Waals surface area (Å²) in [7, 11) is 0. The van der Waals surface area contributed by atoms with Gasteiger partial charge in [0, 0.05) is 11.8 Å². The molecule has 4 bridgehead atoms. The predicted octanol–water partition coefficient (Wildman–Crippen LogP) is 2.89. The monoisotopic (exact) mass is 192 g/mol. The smallest absolute Gasteiger partial charge is 0.139 e. The molecule has 1 heteroatoms. The van der Waals surface area contributed by atoms with E-state index in [1.165, 1.54) is 25.7 Å². The van der Waals surface area contributed by atoms with Crippen molar-refractivity contribution in [3.05, 3.63) is 0 Å². The highest BCUT2D eigenvalue weighted by Gasteiger charge is 2.55. The van der Waals surface area contributed by atoms with Crippen molar-refractivity contribution in [2.45, 2.75) is 39.5 Å². The van der Waals surface area contributed by atoms with E-state index in [-0.39, 0.29) is 0 Å². The number of fused-ring (bicyclic) bond motifs is 1. The molecule has 0 amide bonds. The Morgan fingerprint density at radius 1 is 1.14 bits per heavy atom. The summed E-state index contributed by atoms with van der Waals surface area (Å²) in [6.07, 6.45) is 5.03. The lowest BCUT2D eigenvalue weighted by molar-refractivity contribution is -0.135. The van der Waals surface area contributed by atoms with Gasteiger partial charge in [0.25, 0.3) is 0 Å². The second-order valence-corrected chi connectivity index (χ2v) is 5.99. The van der Waals surface area contributed by atoms with Crippen molar-refractivity contribution in [1.29, 1.82) is 0 Å². The van der Waals surface area contributed by atoms with Crippen LogP contribution in [0.15, 0.2) is 0 Å². The molecule has 5 unspecified atom stereocenters.